The van der Waals surface area contributed by atoms with Gasteiger partial charge in [-0.3, -0.25) is 24.1 Å². The maximum atomic E-state index is 12.3. The molecule has 1 aliphatic rings. The lowest BCUT2D eigenvalue weighted by Crippen LogP contribution is -2.36. The number of hydrogen-bond acceptors (Lipinski definition) is 8. The highest BCUT2D eigenvalue weighted by molar-refractivity contribution is 7.16. The number of carbonyl (C=O) groups is 5. The van der Waals surface area contributed by atoms with Crippen LogP contribution in [0.1, 0.15) is 48.4 Å². The smallest absolute Gasteiger partial charge is 0.341 e. The Kier molecular flexibility index (Phi) is 6.50. The summed E-state index contributed by atoms with van der Waals surface area (Å²) in [4.78, 5) is 62.7. The minimum absolute atomic E-state index is 0.190. The van der Waals surface area contributed by atoms with Crippen molar-refractivity contribution in [3.63, 3.8) is 0 Å². The topological polar surface area (TPSA) is 119 Å². The van der Waals surface area contributed by atoms with E-state index in [0.717, 1.165) is 9.78 Å². The molecule has 3 amide bonds. The van der Waals surface area contributed by atoms with Crippen LogP contribution in [0.25, 0.3) is 0 Å². The van der Waals surface area contributed by atoms with Crippen LogP contribution in [0.3, 0.4) is 0 Å². The number of fused-ring (bicyclic) bond motifs is 1. The van der Waals surface area contributed by atoms with Gasteiger partial charge in [0.05, 0.1) is 23.3 Å². The molecule has 10 heteroatoms. The number of ether oxygens (including phenoxy) is 2. The number of anilines is 1. The van der Waals surface area contributed by atoms with E-state index in [1.54, 1.807) is 32.9 Å². The standard InChI is InChI=1S/C21H20N2O7S/c1-4-29-21(28)17-11(2)12(3)31-18(17)22-15(24)10-30-16(25)9-23-19(26)13-7-5-6-8-14(13)20(23)27/h5-8H,4,9-10H2,1-3H3,(H,22,24). The Hall–Kier alpha value is -3.53. The van der Waals surface area contributed by atoms with Crippen molar-refractivity contribution in [2.45, 2.75) is 20.8 Å². The van der Waals surface area contributed by atoms with E-state index in [2.05, 4.69) is 5.32 Å². The Morgan fingerprint density at radius 2 is 1.65 bits per heavy atom. The first-order chi connectivity index (χ1) is 14.7. The molecule has 0 saturated heterocycles. The second kappa shape index (κ2) is 9.09. The zero-order valence-electron chi connectivity index (χ0n) is 17.1. The van der Waals surface area contributed by atoms with E-state index in [0.29, 0.717) is 10.6 Å². The second-order valence-corrected chi connectivity index (χ2v) is 7.88. The van der Waals surface area contributed by atoms with Crippen LogP contribution >= 0.6 is 11.3 Å². The highest BCUT2D eigenvalue weighted by Gasteiger charge is 2.36. The van der Waals surface area contributed by atoms with E-state index in [4.69, 9.17) is 9.47 Å². The van der Waals surface area contributed by atoms with Crippen LogP contribution < -0.4 is 5.32 Å². The van der Waals surface area contributed by atoms with Crippen LogP contribution in [0.5, 0.6) is 0 Å². The molecule has 0 aliphatic carbocycles. The van der Waals surface area contributed by atoms with Crippen molar-refractivity contribution in [1.29, 1.82) is 0 Å². The van der Waals surface area contributed by atoms with Crippen molar-refractivity contribution in [2.24, 2.45) is 0 Å². The average Bonchev–Trinajstić information content (AvgIpc) is 3.14. The Morgan fingerprint density at radius 3 is 2.23 bits per heavy atom. The fourth-order valence-electron chi connectivity index (χ4n) is 3.03. The zero-order valence-corrected chi connectivity index (χ0v) is 18.0. The van der Waals surface area contributed by atoms with Gasteiger partial charge in [0, 0.05) is 4.88 Å². The summed E-state index contributed by atoms with van der Waals surface area (Å²) in [5.74, 6) is -3.31. The van der Waals surface area contributed by atoms with E-state index in [1.165, 1.54) is 23.5 Å². The number of nitrogens with one attached hydrogen (secondary N) is 1. The first-order valence-corrected chi connectivity index (χ1v) is 10.2. The monoisotopic (exact) mass is 444 g/mol. The summed E-state index contributed by atoms with van der Waals surface area (Å²) in [5.41, 5.74) is 1.39. The summed E-state index contributed by atoms with van der Waals surface area (Å²) in [6.45, 7) is 4.18. The van der Waals surface area contributed by atoms with Gasteiger partial charge in [-0.05, 0) is 38.5 Å². The molecule has 1 N–H and O–H groups in total. The highest BCUT2D eigenvalue weighted by atomic mass is 32.1. The van der Waals surface area contributed by atoms with E-state index >= 15 is 0 Å². The lowest BCUT2D eigenvalue weighted by atomic mass is 10.1. The third-order valence-electron chi connectivity index (χ3n) is 4.65. The molecule has 31 heavy (non-hydrogen) atoms. The summed E-state index contributed by atoms with van der Waals surface area (Å²) in [7, 11) is 0. The zero-order chi connectivity index (χ0) is 22.7. The molecule has 0 spiro atoms. The van der Waals surface area contributed by atoms with Gasteiger partial charge < -0.3 is 14.8 Å². The van der Waals surface area contributed by atoms with Crippen LogP contribution in [0.4, 0.5) is 5.00 Å². The number of benzene rings is 1. The third kappa shape index (κ3) is 4.48. The summed E-state index contributed by atoms with van der Waals surface area (Å²) < 4.78 is 9.94. The van der Waals surface area contributed by atoms with Crippen molar-refractivity contribution in [3.05, 3.63) is 51.4 Å². The number of esters is 2. The van der Waals surface area contributed by atoms with E-state index in [-0.39, 0.29) is 23.3 Å². The summed E-state index contributed by atoms with van der Waals surface area (Å²) >= 11 is 1.21. The number of hydrogen-bond donors (Lipinski definition) is 1. The van der Waals surface area contributed by atoms with Gasteiger partial charge in [-0.25, -0.2) is 4.79 Å². The van der Waals surface area contributed by atoms with Gasteiger partial charge in [-0.1, -0.05) is 12.1 Å². The molecule has 1 aromatic heterocycles. The molecule has 2 heterocycles. The van der Waals surface area contributed by atoms with Gasteiger partial charge in [-0.15, -0.1) is 11.3 Å². The fraction of sp³-hybridized carbons (Fsp3) is 0.286. The van der Waals surface area contributed by atoms with Crippen molar-refractivity contribution >= 4 is 46.0 Å². The van der Waals surface area contributed by atoms with E-state index < -0.39 is 42.8 Å². The number of imide groups is 1. The second-order valence-electron chi connectivity index (χ2n) is 6.66. The predicted molar refractivity (Wildman–Crippen MR) is 111 cm³/mol. The average molecular weight is 444 g/mol. The van der Waals surface area contributed by atoms with E-state index in [9.17, 15) is 24.0 Å². The lowest BCUT2D eigenvalue weighted by Gasteiger charge is -2.13. The highest BCUT2D eigenvalue weighted by Crippen LogP contribution is 2.33. The molecule has 0 unspecified atom stereocenters. The Labute approximate surface area is 181 Å². The molecular formula is C21H20N2O7S. The Balaban J connectivity index is 1.58. The molecule has 2 aromatic rings. The molecule has 0 saturated carbocycles. The van der Waals surface area contributed by atoms with Crippen molar-refractivity contribution in [2.75, 3.05) is 25.1 Å². The SMILES string of the molecule is CCOC(=O)c1c(NC(=O)COC(=O)CN2C(=O)c3ccccc3C2=O)sc(C)c1C. The number of nitrogens with zero attached hydrogens (tertiary/aromatic N) is 1. The van der Waals surface area contributed by atoms with Crippen LogP contribution in [-0.2, 0) is 19.1 Å². The third-order valence-corrected chi connectivity index (χ3v) is 5.77. The number of thiophene rings is 1. The summed E-state index contributed by atoms with van der Waals surface area (Å²) in [6.07, 6.45) is 0. The van der Waals surface area contributed by atoms with Gasteiger partial charge in [0.15, 0.2) is 6.61 Å². The minimum atomic E-state index is -0.909. The quantitative estimate of drug-likeness (QED) is 0.514. The molecule has 9 nitrogen and oxygen atoms in total. The molecule has 1 aliphatic heterocycles. The van der Waals surface area contributed by atoms with Gasteiger partial charge in [-0.2, -0.15) is 0 Å². The lowest BCUT2D eigenvalue weighted by molar-refractivity contribution is -0.147. The molecule has 0 fully saturated rings. The van der Waals surface area contributed by atoms with Gasteiger partial charge in [0.2, 0.25) is 0 Å². The number of amides is 3. The molecule has 3 rings (SSSR count). The van der Waals surface area contributed by atoms with Crippen LogP contribution in [0, 0.1) is 13.8 Å². The maximum absolute atomic E-state index is 12.3. The van der Waals surface area contributed by atoms with Crippen LogP contribution in [-0.4, -0.2) is 54.3 Å². The first-order valence-electron chi connectivity index (χ1n) is 9.42. The normalized spacial score (nSPS) is 12.5. The minimum Gasteiger partial charge on any atom is -0.462 e. The Morgan fingerprint density at radius 1 is 1.03 bits per heavy atom. The maximum Gasteiger partial charge on any atom is 0.341 e. The largest absolute Gasteiger partial charge is 0.462 e. The predicted octanol–water partition coefficient (Wildman–Crippen LogP) is 2.32. The van der Waals surface area contributed by atoms with Crippen LogP contribution in [0.2, 0.25) is 0 Å². The number of carbonyl (C=O) groups excluding carboxylic acids is 5. The molecule has 0 radical (unpaired) electrons. The van der Waals surface area contributed by atoms with Crippen molar-refractivity contribution in [3.8, 4) is 0 Å². The molecule has 0 bridgehead atoms. The summed E-state index contributed by atoms with van der Waals surface area (Å²) in [5, 5.41) is 2.85. The van der Waals surface area contributed by atoms with Gasteiger partial charge >= 0.3 is 11.9 Å². The van der Waals surface area contributed by atoms with Gasteiger partial charge in [0.1, 0.15) is 11.5 Å². The number of aryl methyl sites for hydroxylation is 1. The number of rotatable bonds is 7. The molecule has 0 atom stereocenters. The molecule has 162 valence electrons. The summed E-state index contributed by atoms with van der Waals surface area (Å²) in [6, 6.07) is 6.24. The molecular weight excluding hydrogens is 424 g/mol. The molecule has 1 aromatic carbocycles. The van der Waals surface area contributed by atoms with Crippen molar-refractivity contribution < 1.29 is 33.4 Å². The van der Waals surface area contributed by atoms with Crippen molar-refractivity contribution in [1.82, 2.24) is 4.90 Å². The van der Waals surface area contributed by atoms with Crippen LogP contribution in [0.15, 0.2) is 24.3 Å². The first kappa shape index (κ1) is 22.2. The Bertz CT molecular complexity index is 1050. The van der Waals surface area contributed by atoms with E-state index in [1.807, 2.05) is 0 Å². The fourth-order valence-corrected chi connectivity index (χ4v) is 4.09. The van der Waals surface area contributed by atoms with Gasteiger partial charge in [0.25, 0.3) is 17.7 Å².